The van der Waals surface area contributed by atoms with Gasteiger partial charge in [-0.25, -0.2) is 0 Å². The van der Waals surface area contributed by atoms with Crippen molar-refractivity contribution in [2.45, 2.75) is 13.0 Å². The zero-order valence-electron chi connectivity index (χ0n) is 7.17. The van der Waals surface area contributed by atoms with E-state index in [0.717, 1.165) is 15.8 Å². The molecule has 0 fully saturated rings. The van der Waals surface area contributed by atoms with Crippen molar-refractivity contribution in [2.24, 2.45) is 5.73 Å². The first kappa shape index (κ1) is 9.55. The Morgan fingerprint density at radius 3 is 2.58 bits per heavy atom. The Balaban J connectivity index is 3.03. The van der Waals surface area contributed by atoms with Gasteiger partial charge in [0.2, 0.25) is 0 Å². The van der Waals surface area contributed by atoms with Crippen molar-refractivity contribution in [1.82, 2.24) is 0 Å². The summed E-state index contributed by atoms with van der Waals surface area (Å²) in [5, 5.41) is 0. The van der Waals surface area contributed by atoms with E-state index in [1.807, 2.05) is 25.1 Å². The average molecular weight is 230 g/mol. The first-order valence-electron chi connectivity index (χ1n) is 3.74. The SMILES string of the molecule is COc1ccc([C@H](C)N)c(Br)c1. The van der Waals surface area contributed by atoms with Gasteiger partial charge in [-0.2, -0.15) is 0 Å². The van der Waals surface area contributed by atoms with Crippen molar-refractivity contribution in [2.75, 3.05) is 7.11 Å². The van der Waals surface area contributed by atoms with Gasteiger partial charge in [0.05, 0.1) is 7.11 Å². The lowest BCUT2D eigenvalue weighted by atomic mass is 10.1. The highest BCUT2D eigenvalue weighted by Gasteiger charge is 2.04. The molecule has 0 radical (unpaired) electrons. The van der Waals surface area contributed by atoms with E-state index in [-0.39, 0.29) is 6.04 Å². The molecule has 0 saturated carbocycles. The zero-order valence-corrected chi connectivity index (χ0v) is 8.76. The van der Waals surface area contributed by atoms with Crippen molar-refractivity contribution in [3.05, 3.63) is 28.2 Å². The number of ether oxygens (including phenoxy) is 1. The van der Waals surface area contributed by atoms with Crippen LogP contribution in [0.25, 0.3) is 0 Å². The summed E-state index contributed by atoms with van der Waals surface area (Å²) >= 11 is 3.43. The molecule has 0 spiro atoms. The molecule has 1 rings (SSSR count). The summed E-state index contributed by atoms with van der Waals surface area (Å²) in [4.78, 5) is 0. The van der Waals surface area contributed by atoms with E-state index in [4.69, 9.17) is 10.5 Å². The normalized spacial score (nSPS) is 12.7. The van der Waals surface area contributed by atoms with Crippen molar-refractivity contribution in [3.63, 3.8) is 0 Å². The van der Waals surface area contributed by atoms with Crippen LogP contribution in [0.4, 0.5) is 0 Å². The van der Waals surface area contributed by atoms with Crippen LogP contribution in [0, 0.1) is 0 Å². The highest BCUT2D eigenvalue weighted by atomic mass is 79.9. The van der Waals surface area contributed by atoms with Gasteiger partial charge in [-0.3, -0.25) is 0 Å². The zero-order chi connectivity index (χ0) is 9.14. The number of benzene rings is 1. The quantitative estimate of drug-likeness (QED) is 0.846. The second-order valence-corrected chi connectivity index (χ2v) is 3.53. The summed E-state index contributed by atoms with van der Waals surface area (Å²) in [5.41, 5.74) is 6.83. The number of hydrogen-bond acceptors (Lipinski definition) is 2. The number of halogens is 1. The molecule has 0 heterocycles. The highest BCUT2D eigenvalue weighted by Crippen LogP contribution is 2.26. The molecule has 0 aliphatic rings. The summed E-state index contributed by atoms with van der Waals surface area (Å²) in [5.74, 6) is 0.839. The molecule has 1 atom stereocenters. The van der Waals surface area contributed by atoms with Gasteiger partial charge in [-0.15, -0.1) is 0 Å². The second-order valence-electron chi connectivity index (χ2n) is 2.68. The third-order valence-electron chi connectivity index (χ3n) is 1.70. The average Bonchev–Trinajstić information content (AvgIpc) is 2.03. The number of rotatable bonds is 2. The summed E-state index contributed by atoms with van der Waals surface area (Å²) in [7, 11) is 1.65. The van der Waals surface area contributed by atoms with E-state index in [2.05, 4.69) is 15.9 Å². The van der Waals surface area contributed by atoms with Gasteiger partial charge in [-0.1, -0.05) is 22.0 Å². The Hall–Kier alpha value is -0.540. The largest absolute Gasteiger partial charge is 0.497 e. The Labute approximate surface area is 80.8 Å². The third-order valence-corrected chi connectivity index (χ3v) is 2.38. The van der Waals surface area contributed by atoms with Crippen molar-refractivity contribution in [3.8, 4) is 5.75 Å². The standard InChI is InChI=1S/C9H12BrNO/c1-6(11)8-4-3-7(12-2)5-9(8)10/h3-6H,11H2,1-2H3/t6-/m0/s1. The minimum atomic E-state index is 0.0466. The van der Waals surface area contributed by atoms with E-state index >= 15 is 0 Å². The molecule has 0 unspecified atom stereocenters. The predicted molar refractivity (Wildman–Crippen MR) is 53.3 cm³/mol. The Bertz CT molecular complexity index is 273. The molecular formula is C9H12BrNO. The summed E-state index contributed by atoms with van der Waals surface area (Å²) in [6, 6.07) is 5.83. The summed E-state index contributed by atoms with van der Waals surface area (Å²) in [6.45, 7) is 1.95. The predicted octanol–water partition coefficient (Wildman–Crippen LogP) is 2.48. The highest BCUT2D eigenvalue weighted by molar-refractivity contribution is 9.10. The molecule has 0 aromatic heterocycles. The summed E-state index contributed by atoms with van der Waals surface area (Å²) < 4.78 is 6.06. The van der Waals surface area contributed by atoms with Crippen LogP contribution in [-0.2, 0) is 0 Å². The monoisotopic (exact) mass is 229 g/mol. The molecule has 0 bridgehead atoms. The van der Waals surface area contributed by atoms with Crippen LogP contribution in [0.15, 0.2) is 22.7 Å². The minimum Gasteiger partial charge on any atom is -0.497 e. The molecule has 1 aromatic rings. The lowest BCUT2D eigenvalue weighted by Crippen LogP contribution is -2.05. The van der Waals surface area contributed by atoms with Crippen LogP contribution in [0.3, 0.4) is 0 Å². The maximum Gasteiger partial charge on any atom is 0.120 e. The van der Waals surface area contributed by atoms with E-state index in [1.54, 1.807) is 7.11 Å². The van der Waals surface area contributed by atoms with Crippen LogP contribution >= 0.6 is 15.9 Å². The fourth-order valence-corrected chi connectivity index (χ4v) is 1.72. The Kier molecular flexibility index (Phi) is 3.12. The smallest absolute Gasteiger partial charge is 0.120 e. The molecule has 0 aliphatic heterocycles. The maximum absolute atomic E-state index is 5.74. The van der Waals surface area contributed by atoms with Crippen molar-refractivity contribution in [1.29, 1.82) is 0 Å². The topological polar surface area (TPSA) is 35.2 Å². The van der Waals surface area contributed by atoms with E-state index in [9.17, 15) is 0 Å². The molecule has 66 valence electrons. The minimum absolute atomic E-state index is 0.0466. The van der Waals surface area contributed by atoms with Gasteiger partial charge in [0, 0.05) is 10.5 Å². The lowest BCUT2D eigenvalue weighted by Gasteiger charge is -2.09. The molecule has 2 N–H and O–H groups in total. The fraction of sp³-hybridized carbons (Fsp3) is 0.333. The van der Waals surface area contributed by atoms with Gasteiger partial charge in [0.15, 0.2) is 0 Å². The number of hydrogen-bond donors (Lipinski definition) is 1. The van der Waals surface area contributed by atoms with Crippen LogP contribution in [0.5, 0.6) is 5.75 Å². The summed E-state index contributed by atoms with van der Waals surface area (Å²) in [6.07, 6.45) is 0. The van der Waals surface area contributed by atoms with E-state index in [0.29, 0.717) is 0 Å². The van der Waals surface area contributed by atoms with Gasteiger partial charge >= 0.3 is 0 Å². The van der Waals surface area contributed by atoms with E-state index in [1.165, 1.54) is 0 Å². The molecule has 0 amide bonds. The maximum atomic E-state index is 5.74. The van der Waals surface area contributed by atoms with Crippen molar-refractivity contribution < 1.29 is 4.74 Å². The lowest BCUT2D eigenvalue weighted by molar-refractivity contribution is 0.414. The molecule has 1 aromatic carbocycles. The molecule has 0 aliphatic carbocycles. The van der Waals surface area contributed by atoms with Crippen LogP contribution in [0.1, 0.15) is 18.5 Å². The number of nitrogens with two attached hydrogens (primary N) is 1. The van der Waals surface area contributed by atoms with Crippen LogP contribution in [0.2, 0.25) is 0 Å². The van der Waals surface area contributed by atoms with Gasteiger partial charge in [0.1, 0.15) is 5.75 Å². The van der Waals surface area contributed by atoms with Crippen molar-refractivity contribution >= 4 is 15.9 Å². The van der Waals surface area contributed by atoms with E-state index < -0.39 is 0 Å². The van der Waals surface area contributed by atoms with Crippen LogP contribution < -0.4 is 10.5 Å². The molecule has 0 saturated heterocycles. The van der Waals surface area contributed by atoms with Gasteiger partial charge in [-0.05, 0) is 24.6 Å². The Morgan fingerprint density at radius 1 is 1.50 bits per heavy atom. The van der Waals surface area contributed by atoms with Gasteiger partial charge < -0.3 is 10.5 Å². The molecule has 12 heavy (non-hydrogen) atoms. The molecular weight excluding hydrogens is 218 g/mol. The molecule has 2 nitrogen and oxygen atoms in total. The third kappa shape index (κ3) is 1.99. The van der Waals surface area contributed by atoms with Gasteiger partial charge in [0.25, 0.3) is 0 Å². The first-order valence-corrected chi connectivity index (χ1v) is 4.53. The molecule has 3 heteroatoms. The van der Waals surface area contributed by atoms with Crippen LogP contribution in [-0.4, -0.2) is 7.11 Å². The Morgan fingerprint density at radius 2 is 2.17 bits per heavy atom. The number of methoxy groups -OCH3 is 1. The fourth-order valence-electron chi connectivity index (χ4n) is 1.00. The second kappa shape index (κ2) is 3.92. The first-order chi connectivity index (χ1) is 5.65.